The Morgan fingerprint density at radius 1 is 0.294 bits per heavy atom. The molecule has 10 aromatic carbocycles. The molecule has 12 rings (SSSR count). The van der Waals surface area contributed by atoms with E-state index < -0.39 is 10.8 Å². The number of hydrogen-bond donors (Lipinski definition) is 0. The molecular formula is C64H48F2N2. The second-order valence-electron chi connectivity index (χ2n) is 19.2. The van der Waals surface area contributed by atoms with E-state index in [1.165, 1.54) is 23.3 Å². The molecule has 0 spiro atoms. The van der Waals surface area contributed by atoms with Crippen LogP contribution in [0.3, 0.4) is 0 Å². The van der Waals surface area contributed by atoms with Crippen LogP contribution >= 0.6 is 0 Å². The molecule has 0 fully saturated rings. The van der Waals surface area contributed by atoms with Crippen LogP contribution in [-0.2, 0) is 10.8 Å². The smallest absolute Gasteiger partial charge is 0.123 e. The summed E-state index contributed by atoms with van der Waals surface area (Å²) in [7, 11) is 0. The van der Waals surface area contributed by atoms with E-state index in [2.05, 4.69) is 183 Å². The highest BCUT2D eigenvalue weighted by Gasteiger charge is 2.42. The standard InChI is InChI=1S/C64H48F2N2/c1-63(2)55-37-49(67(45-23-9-5-10-24-45)46-25-11-6-12-26-46)31-33-51(55)61-57(63)39-53-54(59(61)41-19-17-21-43(65)35-41)40-58-62(60(53)42-20-18-22-44(66)36-42)52-34-32-50(38-56(52)64(58,3)4)68(47-27-13-7-14-28-47)48-29-15-8-16-30-48/h5-40H,1-4H3. The van der Waals surface area contributed by atoms with E-state index in [4.69, 9.17) is 0 Å². The predicted octanol–water partition coefficient (Wildman–Crippen LogP) is 18.0. The first-order valence-corrected chi connectivity index (χ1v) is 23.4. The van der Waals surface area contributed by atoms with Gasteiger partial charge in [-0.25, -0.2) is 8.78 Å². The first-order chi connectivity index (χ1) is 33.1. The molecule has 0 saturated heterocycles. The Morgan fingerprint density at radius 3 is 0.956 bits per heavy atom. The van der Waals surface area contributed by atoms with Crippen LogP contribution in [0.5, 0.6) is 0 Å². The lowest BCUT2D eigenvalue weighted by Crippen LogP contribution is -2.17. The van der Waals surface area contributed by atoms with Crippen molar-refractivity contribution in [3.8, 4) is 44.5 Å². The zero-order valence-corrected chi connectivity index (χ0v) is 38.4. The monoisotopic (exact) mass is 882 g/mol. The van der Waals surface area contributed by atoms with Gasteiger partial charge in [0, 0.05) is 45.0 Å². The van der Waals surface area contributed by atoms with Crippen LogP contribution < -0.4 is 9.80 Å². The van der Waals surface area contributed by atoms with E-state index >= 15 is 8.78 Å². The molecule has 328 valence electrons. The number of anilines is 6. The summed E-state index contributed by atoms with van der Waals surface area (Å²) in [5, 5.41) is 2.01. The van der Waals surface area contributed by atoms with Crippen LogP contribution in [0.4, 0.5) is 42.9 Å². The minimum Gasteiger partial charge on any atom is -0.310 e. The third-order valence-corrected chi connectivity index (χ3v) is 14.5. The fraction of sp³-hybridized carbons (Fsp3) is 0.0938. The number of fused-ring (bicyclic) bond motifs is 7. The van der Waals surface area contributed by atoms with Gasteiger partial charge in [-0.3, -0.25) is 0 Å². The third kappa shape index (κ3) is 6.50. The number of para-hydroxylation sites is 4. The van der Waals surface area contributed by atoms with Gasteiger partial charge in [0.15, 0.2) is 0 Å². The van der Waals surface area contributed by atoms with Crippen molar-refractivity contribution >= 4 is 44.9 Å². The number of benzene rings is 10. The second kappa shape index (κ2) is 15.8. The average molecular weight is 883 g/mol. The molecule has 4 heteroatoms. The van der Waals surface area contributed by atoms with E-state index in [0.717, 1.165) is 101 Å². The van der Waals surface area contributed by atoms with Crippen molar-refractivity contribution in [2.24, 2.45) is 0 Å². The van der Waals surface area contributed by atoms with Crippen LogP contribution in [0.1, 0.15) is 49.9 Å². The third-order valence-electron chi connectivity index (χ3n) is 14.5. The van der Waals surface area contributed by atoms with Crippen LogP contribution in [0.25, 0.3) is 55.3 Å². The molecule has 2 nitrogen and oxygen atoms in total. The first-order valence-electron chi connectivity index (χ1n) is 23.4. The molecule has 2 aliphatic carbocycles. The van der Waals surface area contributed by atoms with Gasteiger partial charge in [0.05, 0.1) is 0 Å². The van der Waals surface area contributed by atoms with Gasteiger partial charge in [-0.2, -0.15) is 0 Å². The fourth-order valence-electron chi connectivity index (χ4n) is 11.3. The summed E-state index contributed by atoms with van der Waals surface area (Å²) in [6.07, 6.45) is 0. The van der Waals surface area contributed by atoms with Crippen molar-refractivity contribution in [2.75, 3.05) is 9.80 Å². The van der Waals surface area contributed by atoms with Crippen molar-refractivity contribution in [3.05, 3.63) is 252 Å². The van der Waals surface area contributed by atoms with Crippen molar-refractivity contribution in [1.82, 2.24) is 0 Å². The summed E-state index contributed by atoms with van der Waals surface area (Å²) in [5.74, 6) is -0.591. The maximum atomic E-state index is 15.7. The van der Waals surface area contributed by atoms with Crippen molar-refractivity contribution in [2.45, 2.75) is 38.5 Å². The lowest BCUT2D eigenvalue weighted by atomic mass is 9.76. The van der Waals surface area contributed by atoms with Crippen molar-refractivity contribution in [1.29, 1.82) is 0 Å². The van der Waals surface area contributed by atoms with Crippen LogP contribution in [0, 0.1) is 11.6 Å². The number of hydrogen-bond acceptors (Lipinski definition) is 2. The summed E-state index contributed by atoms with van der Waals surface area (Å²) in [6.45, 7) is 9.22. The highest BCUT2D eigenvalue weighted by molar-refractivity contribution is 6.17. The van der Waals surface area contributed by atoms with Gasteiger partial charge in [0.1, 0.15) is 11.6 Å². The SMILES string of the molecule is CC1(C)c2cc(N(c3ccccc3)c3ccccc3)ccc2-c2c1cc1c(-c3cccc(F)c3)c3c(cc1c2-c1cccc(F)c1)C(C)(C)c1cc(N(c2ccccc2)c2ccccc2)ccc1-3. The van der Waals surface area contributed by atoms with Crippen molar-refractivity contribution in [3.63, 3.8) is 0 Å². The molecule has 10 aromatic rings. The zero-order chi connectivity index (χ0) is 46.3. The minimum absolute atomic E-state index is 0.296. The Morgan fingerprint density at radius 2 is 0.632 bits per heavy atom. The molecule has 0 radical (unpaired) electrons. The van der Waals surface area contributed by atoms with E-state index in [1.807, 2.05) is 48.5 Å². The second-order valence-corrected chi connectivity index (χ2v) is 19.2. The molecule has 0 bridgehead atoms. The summed E-state index contributed by atoms with van der Waals surface area (Å²) in [4.78, 5) is 4.61. The largest absolute Gasteiger partial charge is 0.310 e. The minimum atomic E-state index is -0.474. The molecule has 0 atom stereocenters. The fourth-order valence-corrected chi connectivity index (χ4v) is 11.3. The summed E-state index contributed by atoms with van der Waals surface area (Å²) < 4.78 is 31.4. The topological polar surface area (TPSA) is 6.48 Å². The Kier molecular flexibility index (Phi) is 9.60. The van der Waals surface area contributed by atoms with E-state index in [9.17, 15) is 0 Å². The molecule has 0 heterocycles. The maximum Gasteiger partial charge on any atom is 0.123 e. The van der Waals surface area contributed by atoms with Gasteiger partial charge in [-0.15, -0.1) is 0 Å². The number of nitrogens with zero attached hydrogens (tertiary/aromatic N) is 2. The molecule has 0 unspecified atom stereocenters. The summed E-state index contributed by atoms with van der Waals surface area (Å²) in [6, 6.07) is 74.4. The van der Waals surface area contributed by atoms with E-state index in [0.29, 0.717) is 0 Å². The number of halogens is 2. The van der Waals surface area contributed by atoms with Gasteiger partial charge >= 0.3 is 0 Å². The van der Waals surface area contributed by atoms with E-state index in [1.54, 1.807) is 12.1 Å². The lowest BCUT2D eigenvalue weighted by Gasteiger charge is -2.28. The maximum absolute atomic E-state index is 15.7. The molecule has 0 amide bonds. The Hall–Kier alpha value is -8.08. The summed E-state index contributed by atoms with van der Waals surface area (Å²) in [5.41, 5.74) is 18.1. The van der Waals surface area contributed by atoms with Crippen LogP contribution in [0.15, 0.2) is 218 Å². The molecule has 68 heavy (non-hydrogen) atoms. The highest BCUT2D eigenvalue weighted by atomic mass is 19.1. The highest BCUT2D eigenvalue weighted by Crippen LogP contribution is 2.60. The molecular weight excluding hydrogens is 835 g/mol. The molecule has 0 aliphatic heterocycles. The summed E-state index contributed by atoms with van der Waals surface area (Å²) >= 11 is 0. The molecule has 0 saturated carbocycles. The van der Waals surface area contributed by atoms with Crippen LogP contribution in [0.2, 0.25) is 0 Å². The normalized spacial score (nSPS) is 13.7. The Balaban J connectivity index is 1.14. The Bertz CT molecular complexity index is 3260. The quantitative estimate of drug-likeness (QED) is 0.150. The van der Waals surface area contributed by atoms with Gasteiger partial charge in [0.25, 0.3) is 0 Å². The number of rotatable bonds is 8. The molecule has 0 N–H and O–H groups in total. The van der Waals surface area contributed by atoms with Gasteiger partial charge < -0.3 is 9.80 Å². The van der Waals surface area contributed by atoms with Gasteiger partial charge in [-0.1, -0.05) is 137 Å². The average Bonchev–Trinajstić information content (AvgIpc) is 3.72. The van der Waals surface area contributed by atoms with Crippen molar-refractivity contribution < 1.29 is 8.78 Å². The molecule has 2 aliphatic rings. The van der Waals surface area contributed by atoms with E-state index in [-0.39, 0.29) is 11.6 Å². The molecule has 0 aromatic heterocycles. The predicted molar refractivity (Wildman–Crippen MR) is 279 cm³/mol. The first kappa shape index (κ1) is 41.4. The zero-order valence-electron chi connectivity index (χ0n) is 38.4. The lowest BCUT2D eigenvalue weighted by molar-refractivity contribution is 0.628. The Labute approximate surface area is 397 Å². The van der Waals surface area contributed by atoms with Crippen LogP contribution in [-0.4, -0.2) is 0 Å². The van der Waals surface area contributed by atoms with Gasteiger partial charge in [0.2, 0.25) is 0 Å². The van der Waals surface area contributed by atoms with Gasteiger partial charge in [-0.05, 0) is 187 Å².